The maximum Gasteiger partial charge on any atom is 0.114 e. The van der Waals surface area contributed by atoms with Gasteiger partial charge in [0.25, 0.3) is 0 Å². The van der Waals surface area contributed by atoms with Crippen LogP contribution in [0.4, 0.5) is 0 Å². The first-order valence-corrected chi connectivity index (χ1v) is 52.6. The normalized spacial score (nSPS) is 13.9. The highest BCUT2D eigenvalue weighted by Gasteiger charge is 2.50. The van der Waals surface area contributed by atoms with Gasteiger partial charge < -0.3 is 0 Å². The second-order valence-electron chi connectivity index (χ2n) is 38.0. The van der Waals surface area contributed by atoms with Crippen molar-refractivity contribution in [1.29, 1.82) is 0 Å². The van der Waals surface area contributed by atoms with Crippen LogP contribution in [0.2, 0.25) is 0 Å². The average Bonchev–Trinajstić information content (AvgIpc) is 1.51. The monoisotopic (exact) mass is 1640 g/mol. The van der Waals surface area contributed by atoms with Crippen molar-refractivity contribution in [1.82, 2.24) is 17.5 Å². The molecule has 0 atom stereocenters. The molecule has 0 aliphatic heterocycles. The summed E-state index contributed by atoms with van der Waals surface area (Å²) in [5.41, 5.74) is 33.2. The topological polar surface area (TPSA) is 51.6 Å². The molecule has 0 saturated heterocycles. The standard InChI is InChI=1S/C108H158N4S4/c1-11-15-19-23-27-31-35-39-43-47-51-55-59-63-67-107(68-64-60-56-52-48-44-40-36-32-28-24-20-16-12-2)92-76-88-93(75-87(92)99-94(107)71-81(9)101-103(99)111-115-109-101)108(69-65-61-57-53-49-45-41-37-33-29-25-21-17-13-3,70-66-62-58-54-50-46-42-38-34-30-26-22-18-14-4)95-77-89(102-104(100(88)95)112-116-110-102)96-78-91-98(80(7)8)84-73-85-83(74-86(84)106(91)114-96)97(79(5)6)90-72-82(10)113-105(85)90/h71-78H,11-70H2,1-10H3. The zero-order valence-electron chi connectivity index (χ0n) is 75.5. The van der Waals surface area contributed by atoms with Crippen molar-refractivity contribution in [3.05, 3.63) is 115 Å². The number of nitrogens with zero attached hydrogens (tertiary/aromatic N) is 4. The summed E-state index contributed by atoms with van der Waals surface area (Å²) in [5.74, 6) is 0. The molecule has 4 aromatic carbocycles. The Balaban J connectivity index is 0.914. The van der Waals surface area contributed by atoms with E-state index in [1.54, 1.807) is 22.3 Å². The number of aryl methyl sites for hydroxylation is 2. The fourth-order valence-corrected chi connectivity index (χ4v) is 25.4. The molecule has 0 saturated carbocycles. The molecule has 4 nitrogen and oxygen atoms in total. The van der Waals surface area contributed by atoms with Crippen LogP contribution in [0.25, 0.3) is 86.8 Å². The van der Waals surface area contributed by atoms with Gasteiger partial charge in [0, 0.05) is 69.3 Å². The predicted molar refractivity (Wildman–Crippen MR) is 517 cm³/mol. The van der Waals surface area contributed by atoms with E-state index in [4.69, 9.17) is 17.5 Å². The van der Waals surface area contributed by atoms with Gasteiger partial charge in [0.15, 0.2) is 0 Å². The van der Waals surface area contributed by atoms with E-state index in [0.717, 1.165) is 16.6 Å². The number of benzene rings is 4. The molecule has 4 aromatic heterocycles. The fourth-order valence-electron chi connectivity index (χ4n) is 22.0. The summed E-state index contributed by atoms with van der Waals surface area (Å²) in [6, 6.07) is 21.5. The van der Waals surface area contributed by atoms with Crippen molar-refractivity contribution in [2.75, 3.05) is 0 Å². The smallest absolute Gasteiger partial charge is 0.114 e. The summed E-state index contributed by atoms with van der Waals surface area (Å²) in [7, 11) is 0. The molecular formula is C108H158N4S4. The third-order valence-corrected chi connectivity index (χ3v) is 31.8. The lowest BCUT2D eigenvalue weighted by Gasteiger charge is -2.35. The molecule has 0 fully saturated rings. The van der Waals surface area contributed by atoms with Gasteiger partial charge in [-0.3, -0.25) is 0 Å². The third-order valence-electron chi connectivity index (χ3n) is 28.4. The Morgan fingerprint density at radius 3 is 0.862 bits per heavy atom. The zero-order valence-corrected chi connectivity index (χ0v) is 78.7. The van der Waals surface area contributed by atoms with E-state index in [2.05, 4.69) is 118 Å². The van der Waals surface area contributed by atoms with E-state index in [1.165, 1.54) is 523 Å². The Morgan fingerprint density at radius 2 is 0.526 bits per heavy atom. The first-order chi connectivity index (χ1) is 57.0. The largest absolute Gasteiger partial charge is 0.173 e. The lowest BCUT2D eigenvalue weighted by molar-refractivity contribution is 0.393. The number of allylic oxidation sites excluding steroid dienone is 2. The summed E-state index contributed by atoms with van der Waals surface area (Å²) < 4.78 is 21.9. The SMILES string of the molecule is CCCCCCCCCCCCCCCCC1(CCCCCCCCCCCCCCCC)c2cc3c(cc2-c2c1cc(C)c1nsnc21)C(CCCCCCCCCCCCCCCC)(CCCCCCCCCCCCCCCC)c1cc(-c2cc4c(s2)-c2cc5c(cc2C4=C(C)C)-c2sc(C)cc2C5=C(C)C)c2nsnc2c1-3. The Bertz CT molecular complexity index is 4330. The van der Waals surface area contributed by atoms with Crippen LogP contribution in [0.1, 0.15) is 496 Å². The Hall–Kier alpha value is -4.60. The second kappa shape index (κ2) is 47.2. The molecule has 8 heteroatoms. The molecule has 0 unspecified atom stereocenters. The number of fused-ring (bicyclic) bond motifs is 16. The Morgan fingerprint density at radius 1 is 0.250 bits per heavy atom. The number of hydrogen-bond acceptors (Lipinski definition) is 8. The molecule has 12 rings (SSSR count). The first kappa shape index (κ1) is 90.6. The van der Waals surface area contributed by atoms with Gasteiger partial charge in [-0.25, -0.2) is 0 Å². The van der Waals surface area contributed by atoms with Crippen LogP contribution in [-0.2, 0) is 10.8 Å². The minimum absolute atomic E-state index is 0.113. The first-order valence-electron chi connectivity index (χ1n) is 49.6. The third kappa shape index (κ3) is 22.4. The van der Waals surface area contributed by atoms with Gasteiger partial charge in [-0.15, -0.1) is 22.7 Å². The average molecular weight is 1640 g/mol. The number of unbranched alkanes of at least 4 members (excludes halogenated alkanes) is 52. The molecule has 0 radical (unpaired) electrons. The maximum absolute atomic E-state index is 5.67. The van der Waals surface area contributed by atoms with Crippen molar-refractivity contribution in [2.45, 2.75) is 465 Å². The summed E-state index contributed by atoms with van der Waals surface area (Å²) >= 11 is 6.93. The second-order valence-corrected chi connectivity index (χ2v) is 41.4. The van der Waals surface area contributed by atoms with E-state index >= 15 is 0 Å². The highest BCUT2D eigenvalue weighted by Crippen LogP contribution is 2.65. The predicted octanol–water partition coefficient (Wildman–Crippen LogP) is 37.8. The van der Waals surface area contributed by atoms with Crippen LogP contribution in [0, 0.1) is 13.8 Å². The van der Waals surface area contributed by atoms with Crippen LogP contribution in [0.3, 0.4) is 0 Å². The Labute approximate surface area is 724 Å². The molecule has 0 amide bonds. The molecular weight excluding hydrogens is 1480 g/mol. The molecule has 0 N–H and O–H groups in total. The molecule has 634 valence electrons. The minimum Gasteiger partial charge on any atom is -0.173 e. The van der Waals surface area contributed by atoms with Crippen LogP contribution in [-0.4, -0.2) is 17.5 Å². The molecule has 4 aliphatic carbocycles. The van der Waals surface area contributed by atoms with Crippen LogP contribution < -0.4 is 0 Å². The van der Waals surface area contributed by atoms with Gasteiger partial charge in [0.05, 0.1) is 23.5 Å². The van der Waals surface area contributed by atoms with Gasteiger partial charge in [-0.1, -0.05) is 404 Å². The van der Waals surface area contributed by atoms with Crippen molar-refractivity contribution in [3.63, 3.8) is 0 Å². The lowest BCUT2D eigenvalue weighted by atomic mass is 9.68. The number of rotatable bonds is 61. The van der Waals surface area contributed by atoms with Gasteiger partial charge in [0.1, 0.15) is 22.1 Å². The molecule has 0 bridgehead atoms. The van der Waals surface area contributed by atoms with Crippen molar-refractivity contribution in [3.8, 4) is 53.6 Å². The van der Waals surface area contributed by atoms with E-state index in [1.807, 2.05) is 22.7 Å². The van der Waals surface area contributed by atoms with Gasteiger partial charge in [-0.2, -0.15) is 17.5 Å². The zero-order chi connectivity index (χ0) is 80.9. The van der Waals surface area contributed by atoms with Crippen LogP contribution >= 0.6 is 46.1 Å². The van der Waals surface area contributed by atoms with Crippen molar-refractivity contribution < 1.29 is 0 Å². The van der Waals surface area contributed by atoms with Crippen molar-refractivity contribution >= 4 is 79.3 Å². The maximum atomic E-state index is 5.67. The quantitative estimate of drug-likeness (QED) is 0.0357. The summed E-state index contributed by atoms with van der Waals surface area (Å²) in [6.07, 6.45) is 82.1. The minimum atomic E-state index is -0.184. The molecule has 4 aliphatic rings. The molecule has 0 spiro atoms. The Kier molecular flexibility index (Phi) is 36.8. The van der Waals surface area contributed by atoms with Gasteiger partial charge in [-0.05, 0) is 171 Å². The number of thiophene rings is 2. The van der Waals surface area contributed by atoms with E-state index < -0.39 is 0 Å². The summed E-state index contributed by atoms with van der Waals surface area (Å²) in [4.78, 5) is 5.61. The summed E-state index contributed by atoms with van der Waals surface area (Å²) in [6.45, 7) is 23.4. The van der Waals surface area contributed by atoms with E-state index in [9.17, 15) is 0 Å². The number of hydrogen-bond donors (Lipinski definition) is 0. The molecule has 116 heavy (non-hydrogen) atoms. The highest BCUT2D eigenvalue weighted by molar-refractivity contribution is 7.19. The highest BCUT2D eigenvalue weighted by atomic mass is 32.1. The molecule has 4 heterocycles. The van der Waals surface area contributed by atoms with Gasteiger partial charge >= 0.3 is 0 Å². The van der Waals surface area contributed by atoms with Crippen LogP contribution in [0.5, 0.6) is 0 Å². The van der Waals surface area contributed by atoms with E-state index in [0.29, 0.717) is 0 Å². The van der Waals surface area contributed by atoms with Crippen molar-refractivity contribution in [2.24, 2.45) is 0 Å². The molecule has 8 aromatic rings. The summed E-state index contributed by atoms with van der Waals surface area (Å²) in [5, 5.41) is 0. The van der Waals surface area contributed by atoms with Gasteiger partial charge in [0.2, 0.25) is 0 Å². The lowest BCUT2D eigenvalue weighted by Crippen LogP contribution is -2.27. The number of aromatic nitrogens is 4. The van der Waals surface area contributed by atoms with Crippen LogP contribution in [0.15, 0.2) is 59.7 Å². The van der Waals surface area contributed by atoms with E-state index in [-0.39, 0.29) is 10.8 Å². The fraction of sp³-hybridized carbons (Fsp3) is 0.667.